The molecule has 1 heterocycles. The Morgan fingerprint density at radius 2 is 1.43 bits per heavy atom. The van der Waals surface area contributed by atoms with Crippen LogP contribution in [0.4, 0.5) is 0 Å². The highest BCUT2D eigenvalue weighted by Crippen LogP contribution is 2.13. The van der Waals surface area contributed by atoms with E-state index in [1.807, 2.05) is 0 Å². The fourth-order valence-corrected chi connectivity index (χ4v) is 0.817. The fraction of sp³-hybridized carbons (Fsp3) is 1.00. The molecule has 1 fully saturated rings. The van der Waals surface area contributed by atoms with E-state index in [-0.39, 0.29) is 13.1 Å². The molecular weight excluding hydrogens is 94.0 g/mol. The van der Waals surface area contributed by atoms with Crippen molar-refractivity contribution in [2.24, 2.45) is 0 Å². The van der Waals surface area contributed by atoms with Crippen molar-refractivity contribution in [3.05, 3.63) is 10.4 Å². The van der Waals surface area contributed by atoms with Gasteiger partial charge < -0.3 is 15.2 Å². The zero-order valence-electron chi connectivity index (χ0n) is 4.09. The van der Waals surface area contributed by atoms with E-state index >= 15 is 0 Å². The van der Waals surface area contributed by atoms with Gasteiger partial charge in [0.2, 0.25) is 0 Å². The average molecular weight is 102 g/mol. The van der Waals surface area contributed by atoms with Gasteiger partial charge in [-0.25, -0.2) is 0 Å². The highest BCUT2D eigenvalue weighted by molar-refractivity contribution is 4.53. The second-order valence-electron chi connectivity index (χ2n) is 1.97. The third-order valence-corrected chi connectivity index (χ3v) is 1.25. The summed E-state index contributed by atoms with van der Waals surface area (Å²) >= 11 is 0. The maximum Gasteiger partial charge on any atom is 0.0783 e. The second kappa shape index (κ2) is 1.43. The molecule has 0 unspecified atom stereocenters. The maximum atomic E-state index is 10.3. The summed E-state index contributed by atoms with van der Waals surface area (Å²) in [6, 6.07) is 0. The third kappa shape index (κ3) is 1.12. The number of hydroxylamine groups is 4. The van der Waals surface area contributed by atoms with Crippen LogP contribution in [0.25, 0.3) is 0 Å². The van der Waals surface area contributed by atoms with Crippen LogP contribution >= 0.6 is 0 Å². The Morgan fingerprint density at radius 3 is 1.57 bits per heavy atom. The van der Waals surface area contributed by atoms with Crippen molar-refractivity contribution < 1.29 is 4.81 Å². The van der Waals surface area contributed by atoms with E-state index in [0.717, 1.165) is 12.8 Å². The van der Waals surface area contributed by atoms with Gasteiger partial charge in [0, 0.05) is 12.8 Å². The lowest BCUT2D eigenvalue weighted by Gasteiger charge is -2.42. The first-order valence-electron chi connectivity index (χ1n) is 2.50. The van der Waals surface area contributed by atoms with Crippen molar-refractivity contribution in [1.29, 1.82) is 0 Å². The summed E-state index contributed by atoms with van der Waals surface area (Å²) < 4.78 is 0. The molecule has 0 saturated carbocycles. The molecule has 1 aliphatic rings. The average Bonchev–Trinajstić information content (AvgIpc) is 1.84. The van der Waals surface area contributed by atoms with Crippen LogP contribution in [0.1, 0.15) is 12.8 Å². The van der Waals surface area contributed by atoms with Gasteiger partial charge in [0.05, 0.1) is 13.1 Å². The van der Waals surface area contributed by atoms with Crippen LogP contribution in [-0.4, -0.2) is 17.9 Å². The van der Waals surface area contributed by atoms with E-state index in [2.05, 4.69) is 0 Å². The SMILES string of the molecule is [O-][N+]1([O-])CCCC1. The van der Waals surface area contributed by atoms with E-state index < -0.39 is 4.81 Å². The van der Waals surface area contributed by atoms with Gasteiger partial charge in [0.15, 0.2) is 0 Å². The van der Waals surface area contributed by atoms with Crippen LogP contribution in [-0.2, 0) is 0 Å². The van der Waals surface area contributed by atoms with Gasteiger partial charge in [-0.05, 0) is 0 Å². The molecule has 1 rings (SSSR count). The molecule has 0 N–H and O–H groups in total. The highest BCUT2D eigenvalue weighted by Gasteiger charge is 2.11. The molecule has 3 nitrogen and oxygen atoms in total. The highest BCUT2D eigenvalue weighted by atomic mass is 16.8. The van der Waals surface area contributed by atoms with Crippen LogP contribution in [0.2, 0.25) is 0 Å². The summed E-state index contributed by atoms with van der Waals surface area (Å²) in [5.41, 5.74) is 0. The van der Waals surface area contributed by atoms with Crippen molar-refractivity contribution in [2.45, 2.75) is 12.8 Å². The van der Waals surface area contributed by atoms with Crippen LogP contribution in [0, 0.1) is 10.4 Å². The predicted octanol–water partition coefficient (Wildman–Crippen LogP) is 0.593. The van der Waals surface area contributed by atoms with E-state index in [9.17, 15) is 10.4 Å². The maximum absolute atomic E-state index is 10.3. The molecule has 0 aromatic rings. The largest absolute Gasteiger partial charge is 0.632 e. The Hall–Kier alpha value is -0.120. The fourth-order valence-electron chi connectivity index (χ4n) is 0.817. The van der Waals surface area contributed by atoms with Crippen LogP contribution in [0.5, 0.6) is 0 Å². The molecule has 42 valence electrons. The minimum atomic E-state index is -1.25. The third-order valence-electron chi connectivity index (χ3n) is 1.25. The van der Waals surface area contributed by atoms with Crippen molar-refractivity contribution in [2.75, 3.05) is 13.1 Å². The molecule has 0 radical (unpaired) electrons. The summed E-state index contributed by atoms with van der Waals surface area (Å²) in [6.07, 6.45) is 1.62. The van der Waals surface area contributed by atoms with Crippen molar-refractivity contribution >= 4 is 0 Å². The van der Waals surface area contributed by atoms with Crippen molar-refractivity contribution in [3.8, 4) is 0 Å². The minimum absolute atomic E-state index is 0.278. The minimum Gasteiger partial charge on any atom is -0.632 e. The standard InChI is InChI=1S/C4H8NO2/c6-5(7)3-1-2-4-5/h1-4H2/q-1. The first-order chi connectivity index (χ1) is 3.21. The molecule has 3 heteroatoms. The lowest BCUT2D eigenvalue weighted by molar-refractivity contribution is -0.816. The summed E-state index contributed by atoms with van der Waals surface area (Å²) in [6.45, 7) is 0.556. The molecule has 0 aromatic heterocycles. The Labute approximate surface area is 42.3 Å². The van der Waals surface area contributed by atoms with E-state index in [1.54, 1.807) is 0 Å². The van der Waals surface area contributed by atoms with Gasteiger partial charge in [-0.1, -0.05) is 0 Å². The number of nitrogens with zero attached hydrogens (tertiary/aromatic N) is 1. The summed E-state index contributed by atoms with van der Waals surface area (Å²) in [5, 5.41) is 20.6. The Balaban J connectivity index is 2.40. The lowest BCUT2D eigenvalue weighted by atomic mass is 10.4. The van der Waals surface area contributed by atoms with Crippen LogP contribution in [0.15, 0.2) is 0 Å². The molecule has 0 atom stereocenters. The number of hydrogen-bond acceptors (Lipinski definition) is 2. The topological polar surface area (TPSA) is 46.1 Å². The van der Waals surface area contributed by atoms with Gasteiger partial charge in [-0.3, -0.25) is 0 Å². The van der Waals surface area contributed by atoms with Gasteiger partial charge in [-0.15, -0.1) is 0 Å². The number of quaternary nitrogens is 1. The monoisotopic (exact) mass is 102 g/mol. The molecule has 0 aromatic carbocycles. The van der Waals surface area contributed by atoms with Gasteiger partial charge in [0.1, 0.15) is 0 Å². The molecule has 0 amide bonds. The predicted molar refractivity (Wildman–Crippen MR) is 26.0 cm³/mol. The van der Waals surface area contributed by atoms with Gasteiger partial charge in [-0.2, -0.15) is 0 Å². The molecule has 1 saturated heterocycles. The zero-order valence-corrected chi connectivity index (χ0v) is 4.09. The van der Waals surface area contributed by atoms with Gasteiger partial charge >= 0.3 is 0 Å². The smallest absolute Gasteiger partial charge is 0.0783 e. The Kier molecular flexibility index (Phi) is 1.03. The van der Waals surface area contributed by atoms with E-state index in [1.165, 1.54) is 0 Å². The molecule has 0 spiro atoms. The van der Waals surface area contributed by atoms with Crippen molar-refractivity contribution in [1.82, 2.24) is 0 Å². The van der Waals surface area contributed by atoms with Crippen LogP contribution < -0.4 is 0 Å². The number of hydrogen-bond donors (Lipinski definition) is 0. The molecule has 0 aliphatic carbocycles. The molecular formula is C4H8NO2-. The quantitative estimate of drug-likeness (QED) is 0.332. The first-order valence-corrected chi connectivity index (χ1v) is 2.50. The second-order valence-corrected chi connectivity index (χ2v) is 1.97. The first kappa shape index (κ1) is 5.03. The van der Waals surface area contributed by atoms with Crippen molar-refractivity contribution in [3.63, 3.8) is 0 Å². The Morgan fingerprint density at radius 1 is 1.00 bits per heavy atom. The summed E-state index contributed by atoms with van der Waals surface area (Å²) in [4.78, 5) is -1.25. The van der Waals surface area contributed by atoms with E-state index in [0.29, 0.717) is 0 Å². The zero-order chi connectivity index (χ0) is 5.33. The Bertz CT molecular complexity index is 64.1. The lowest BCUT2D eigenvalue weighted by Crippen LogP contribution is -2.30. The van der Waals surface area contributed by atoms with E-state index in [4.69, 9.17) is 0 Å². The van der Waals surface area contributed by atoms with Gasteiger partial charge in [0.25, 0.3) is 0 Å². The summed E-state index contributed by atoms with van der Waals surface area (Å²) in [7, 11) is 0. The number of rotatable bonds is 0. The normalized spacial score (nSPS) is 28.3. The molecule has 0 bridgehead atoms. The summed E-state index contributed by atoms with van der Waals surface area (Å²) in [5.74, 6) is 0. The molecule has 1 aliphatic heterocycles. The van der Waals surface area contributed by atoms with Crippen LogP contribution in [0.3, 0.4) is 0 Å². The molecule has 7 heavy (non-hydrogen) atoms.